The van der Waals surface area contributed by atoms with Gasteiger partial charge in [-0.05, 0) is 55.0 Å². The van der Waals surface area contributed by atoms with Gasteiger partial charge in [0.25, 0.3) is 0 Å². The second-order valence-corrected chi connectivity index (χ2v) is 7.66. The van der Waals surface area contributed by atoms with E-state index in [4.69, 9.17) is 4.74 Å². The number of thiophene rings is 1. The first-order valence-corrected chi connectivity index (χ1v) is 9.92. The van der Waals surface area contributed by atoms with Crippen molar-refractivity contribution in [3.63, 3.8) is 0 Å². The third-order valence-electron chi connectivity index (χ3n) is 4.29. The number of aryl methyl sites for hydroxylation is 1. The van der Waals surface area contributed by atoms with Crippen LogP contribution in [0.3, 0.4) is 0 Å². The molecule has 0 bridgehead atoms. The molecule has 0 saturated heterocycles. The van der Waals surface area contributed by atoms with E-state index in [1.165, 1.54) is 24.4 Å². The minimum atomic E-state index is -1.27. The standard InChI is InChI=1S/C22H16FN3O4S.Na/c1-12-2-7-15(23)16(10-12)26-22(29)25-13-3-5-14(6-4-13)30-18-8-9-24-17-11-19(21(27)28)31-20(17)18;/h2-11H,1H3,(H,27,28)(H2,25,26,29);/q;+1/p-1. The summed E-state index contributed by atoms with van der Waals surface area (Å²) in [5.41, 5.74) is 1.89. The molecule has 2 N–H and O–H groups in total. The zero-order chi connectivity index (χ0) is 22.0. The maximum atomic E-state index is 13.8. The van der Waals surface area contributed by atoms with Gasteiger partial charge in [0.1, 0.15) is 17.3 Å². The van der Waals surface area contributed by atoms with Crippen LogP contribution < -0.4 is 50.0 Å². The maximum absolute atomic E-state index is 13.8. The fourth-order valence-corrected chi connectivity index (χ4v) is 3.75. The zero-order valence-electron chi connectivity index (χ0n) is 17.1. The van der Waals surface area contributed by atoms with E-state index in [0.29, 0.717) is 27.4 Å². The summed E-state index contributed by atoms with van der Waals surface area (Å²) in [7, 11) is 0. The van der Waals surface area contributed by atoms with Crippen LogP contribution in [0.1, 0.15) is 15.2 Å². The predicted octanol–water partition coefficient (Wildman–Crippen LogP) is 1.55. The summed E-state index contributed by atoms with van der Waals surface area (Å²) in [5, 5.41) is 16.2. The topological polar surface area (TPSA) is 103 Å². The van der Waals surface area contributed by atoms with Crippen molar-refractivity contribution in [3.05, 3.63) is 77.1 Å². The summed E-state index contributed by atoms with van der Waals surface area (Å²) in [6, 6.07) is 13.5. The number of pyridine rings is 1. The Hall–Kier alpha value is -2.98. The monoisotopic (exact) mass is 459 g/mol. The molecule has 4 aromatic rings. The Morgan fingerprint density at radius 3 is 2.53 bits per heavy atom. The van der Waals surface area contributed by atoms with E-state index < -0.39 is 17.8 Å². The number of halogens is 1. The van der Waals surface area contributed by atoms with E-state index >= 15 is 0 Å². The smallest absolute Gasteiger partial charge is 0.544 e. The van der Waals surface area contributed by atoms with E-state index in [9.17, 15) is 19.1 Å². The van der Waals surface area contributed by atoms with Gasteiger partial charge in [0.05, 0.1) is 26.8 Å². The Labute approximate surface area is 208 Å². The number of urea groups is 1. The molecule has 0 radical (unpaired) electrons. The molecule has 0 aliphatic carbocycles. The van der Waals surface area contributed by atoms with Crippen molar-refractivity contribution in [1.29, 1.82) is 0 Å². The van der Waals surface area contributed by atoms with Gasteiger partial charge < -0.3 is 25.3 Å². The molecule has 0 atom stereocenters. The number of anilines is 2. The molecule has 2 heterocycles. The summed E-state index contributed by atoms with van der Waals surface area (Å²) >= 11 is 1.02. The molecule has 156 valence electrons. The molecular weight excluding hydrogens is 444 g/mol. The number of carbonyl (C=O) groups is 2. The number of nitrogens with zero attached hydrogens (tertiary/aromatic N) is 1. The van der Waals surface area contributed by atoms with Crippen LogP contribution in [0.5, 0.6) is 11.5 Å². The molecule has 0 saturated carbocycles. The van der Waals surface area contributed by atoms with Crippen LogP contribution in [0.15, 0.2) is 60.8 Å². The first-order chi connectivity index (χ1) is 14.9. The van der Waals surface area contributed by atoms with E-state index in [1.54, 1.807) is 43.3 Å². The number of carboxylic acids is 1. The predicted molar refractivity (Wildman–Crippen MR) is 114 cm³/mol. The molecule has 32 heavy (non-hydrogen) atoms. The van der Waals surface area contributed by atoms with Crippen LogP contribution in [-0.4, -0.2) is 17.0 Å². The van der Waals surface area contributed by atoms with Crippen molar-refractivity contribution >= 4 is 44.9 Å². The molecule has 7 nitrogen and oxygen atoms in total. The van der Waals surface area contributed by atoms with Crippen molar-refractivity contribution in [2.75, 3.05) is 10.6 Å². The maximum Gasteiger partial charge on any atom is 1.00 e. The number of carboxylic acid groups (broad SMARTS) is 1. The normalized spacial score (nSPS) is 10.3. The number of carbonyl (C=O) groups excluding carboxylic acids is 2. The second-order valence-electron chi connectivity index (χ2n) is 6.61. The number of fused-ring (bicyclic) bond motifs is 1. The second kappa shape index (κ2) is 10.1. The molecule has 4 rings (SSSR count). The van der Waals surface area contributed by atoms with Gasteiger partial charge in [-0.1, -0.05) is 6.07 Å². The summed E-state index contributed by atoms with van der Waals surface area (Å²) in [6.45, 7) is 1.80. The third kappa shape index (κ3) is 5.43. The quantitative estimate of drug-likeness (QED) is 0.441. The first-order valence-electron chi connectivity index (χ1n) is 9.11. The molecule has 10 heteroatoms. The van der Waals surface area contributed by atoms with Crippen LogP contribution in [0.4, 0.5) is 20.6 Å². The van der Waals surface area contributed by atoms with E-state index in [1.807, 2.05) is 0 Å². The van der Waals surface area contributed by atoms with Crippen molar-refractivity contribution in [3.8, 4) is 11.5 Å². The Morgan fingerprint density at radius 2 is 1.81 bits per heavy atom. The largest absolute Gasteiger partial charge is 1.00 e. The summed E-state index contributed by atoms with van der Waals surface area (Å²) in [5.74, 6) is -0.862. The molecule has 0 fully saturated rings. The number of benzene rings is 2. The Morgan fingerprint density at radius 1 is 1.06 bits per heavy atom. The number of rotatable bonds is 5. The van der Waals surface area contributed by atoms with Gasteiger partial charge in [0, 0.05) is 18.0 Å². The van der Waals surface area contributed by atoms with E-state index in [-0.39, 0.29) is 40.1 Å². The van der Waals surface area contributed by atoms with Crippen LogP contribution in [-0.2, 0) is 0 Å². The molecule has 0 aliphatic rings. The molecule has 2 aromatic heterocycles. The van der Waals surface area contributed by atoms with Crippen LogP contribution in [0.25, 0.3) is 10.2 Å². The zero-order valence-corrected chi connectivity index (χ0v) is 20.0. The number of nitrogens with one attached hydrogen (secondary N) is 2. The summed E-state index contributed by atoms with van der Waals surface area (Å²) < 4.78 is 20.2. The van der Waals surface area contributed by atoms with Crippen LogP contribution >= 0.6 is 11.3 Å². The van der Waals surface area contributed by atoms with Gasteiger partial charge in [-0.2, -0.15) is 0 Å². The molecule has 2 amide bonds. The molecule has 0 unspecified atom stereocenters. The third-order valence-corrected chi connectivity index (χ3v) is 5.41. The number of amides is 2. The van der Waals surface area contributed by atoms with Crippen molar-refractivity contribution < 1.29 is 53.4 Å². The van der Waals surface area contributed by atoms with Crippen molar-refractivity contribution in [2.45, 2.75) is 6.92 Å². The number of aromatic carboxylic acids is 1. The number of hydrogen-bond acceptors (Lipinski definition) is 6. The first kappa shape index (κ1) is 23.7. The van der Waals surface area contributed by atoms with Gasteiger partial charge in [-0.25, -0.2) is 9.18 Å². The summed E-state index contributed by atoms with van der Waals surface area (Å²) in [4.78, 5) is 27.4. The minimum Gasteiger partial charge on any atom is -0.544 e. The average Bonchev–Trinajstić information content (AvgIpc) is 3.18. The SMILES string of the molecule is Cc1ccc(F)c(NC(=O)Nc2ccc(Oc3ccnc4cc(C(=O)[O-])sc34)cc2)c1.[Na+]. The molecular formula is C22H15FN3NaO4S. The number of hydrogen-bond donors (Lipinski definition) is 2. The van der Waals surface area contributed by atoms with Crippen molar-refractivity contribution in [2.24, 2.45) is 0 Å². The van der Waals surface area contributed by atoms with Gasteiger partial charge >= 0.3 is 35.6 Å². The van der Waals surface area contributed by atoms with Gasteiger partial charge in [0.2, 0.25) is 0 Å². The van der Waals surface area contributed by atoms with E-state index in [2.05, 4.69) is 15.6 Å². The number of aromatic nitrogens is 1. The van der Waals surface area contributed by atoms with E-state index in [0.717, 1.165) is 16.9 Å². The van der Waals surface area contributed by atoms with Gasteiger partial charge in [0.15, 0.2) is 0 Å². The molecule has 2 aromatic carbocycles. The average molecular weight is 459 g/mol. The summed E-state index contributed by atoms with van der Waals surface area (Å²) in [6.07, 6.45) is 1.52. The minimum absolute atomic E-state index is 0. The fraction of sp³-hybridized carbons (Fsp3) is 0.0455. The Balaban J connectivity index is 0.00000289. The number of ether oxygens (including phenoxy) is 1. The molecule has 0 aliphatic heterocycles. The van der Waals surface area contributed by atoms with Crippen molar-refractivity contribution in [1.82, 2.24) is 4.98 Å². The van der Waals surface area contributed by atoms with Gasteiger partial charge in [-0.3, -0.25) is 4.98 Å². The molecule has 0 spiro atoms. The van der Waals surface area contributed by atoms with Crippen LogP contribution in [0.2, 0.25) is 0 Å². The van der Waals surface area contributed by atoms with Gasteiger partial charge in [-0.15, -0.1) is 11.3 Å². The Kier molecular flexibility index (Phi) is 7.47. The Bertz CT molecular complexity index is 1290. The fourth-order valence-electron chi connectivity index (χ4n) is 2.85. The van der Waals surface area contributed by atoms with Crippen LogP contribution in [0, 0.1) is 12.7 Å².